The molecule has 2 N–H and O–H groups in total. The summed E-state index contributed by atoms with van der Waals surface area (Å²) in [5, 5.41) is 10.5. The first-order valence-electron chi connectivity index (χ1n) is 10.8. The highest BCUT2D eigenvalue weighted by Crippen LogP contribution is 2.30. The number of anilines is 1. The van der Waals surface area contributed by atoms with Gasteiger partial charge in [0.05, 0.1) is 17.5 Å². The molecule has 1 fully saturated rings. The third kappa shape index (κ3) is 4.94. The van der Waals surface area contributed by atoms with Crippen molar-refractivity contribution in [1.29, 1.82) is 0 Å². The number of nitrogens with zero attached hydrogens (tertiary/aromatic N) is 4. The van der Waals surface area contributed by atoms with Gasteiger partial charge in [-0.2, -0.15) is 5.10 Å². The number of aromatic nitrogens is 3. The minimum Gasteiger partial charge on any atom is -0.373 e. The molecule has 162 valence electrons. The van der Waals surface area contributed by atoms with Crippen LogP contribution in [-0.4, -0.2) is 58.1 Å². The maximum absolute atomic E-state index is 13.2. The fourth-order valence-corrected chi connectivity index (χ4v) is 4.38. The number of hydrogen-bond donors (Lipinski definition) is 2. The topological polar surface area (TPSA) is 77.1 Å². The van der Waals surface area contributed by atoms with Crippen LogP contribution >= 0.6 is 0 Å². The van der Waals surface area contributed by atoms with Gasteiger partial charge in [-0.1, -0.05) is 36.4 Å². The van der Waals surface area contributed by atoms with Crippen LogP contribution in [0.1, 0.15) is 45.9 Å². The van der Waals surface area contributed by atoms with Gasteiger partial charge in [0, 0.05) is 51.4 Å². The Morgan fingerprint density at radius 1 is 1.26 bits per heavy atom. The van der Waals surface area contributed by atoms with E-state index in [0.29, 0.717) is 12.1 Å². The lowest BCUT2D eigenvalue weighted by Crippen LogP contribution is -2.35. The maximum atomic E-state index is 13.2. The number of likely N-dealkylation sites (tertiary alicyclic amines) is 1. The van der Waals surface area contributed by atoms with E-state index in [1.807, 2.05) is 56.7 Å². The molecule has 0 spiro atoms. The number of pyridine rings is 1. The van der Waals surface area contributed by atoms with Gasteiger partial charge in [0.2, 0.25) is 0 Å². The minimum absolute atomic E-state index is 0.00875. The number of amides is 1. The lowest BCUT2D eigenvalue weighted by atomic mass is 9.92. The summed E-state index contributed by atoms with van der Waals surface area (Å²) in [4.78, 5) is 21.8. The van der Waals surface area contributed by atoms with Crippen LogP contribution in [0.4, 0.5) is 5.82 Å². The molecule has 3 aromatic rings. The molecule has 2 aromatic heterocycles. The van der Waals surface area contributed by atoms with Crippen molar-refractivity contribution >= 4 is 11.7 Å². The monoisotopic (exact) mass is 418 g/mol. The summed E-state index contributed by atoms with van der Waals surface area (Å²) in [5.41, 5.74) is 3.94. The van der Waals surface area contributed by atoms with Crippen LogP contribution in [0.3, 0.4) is 0 Å². The zero-order valence-electron chi connectivity index (χ0n) is 18.2. The summed E-state index contributed by atoms with van der Waals surface area (Å²) in [5.74, 6) is 1.19. The summed E-state index contributed by atoms with van der Waals surface area (Å²) >= 11 is 0. The molecule has 0 aliphatic carbocycles. The van der Waals surface area contributed by atoms with Crippen molar-refractivity contribution in [1.82, 2.24) is 25.0 Å². The van der Waals surface area contributed by atoms with Crippen molar-refractivity contribution in [2.45, 2.75) is 31.8 Å². The Morgan fingerprint density at radius 2 is 2.10 bits per heavy atom. The number of nitrogens with one attached hydrogen (secondary N) is 2. The lowest BCUT2D eigenvalue weighted by molar-refractivity contribution is 0.0782. The number of carbonyl (C=O) groups is 1. The predicted octanol–water partition coefficient (Wildman–Crippen LogP) is 3.50. The lowest BCUT2D eigenvalue weighted by Gasteiger charge is -2.33. The van der Waals surface area contributed by atoms with Gasteiger partial charge in [0.1, 0.15) is 5.82 Å². The highest BCUT2D eigenvalue weighted by atomic mass is 16.2. The minimum atomic E-state index is 0.00875. The quantitative estimate of drug-likeness (QED) is 0.614. The van der Waals surface area contributed by atoms with Crippen LogP contribution in [-0.2, 0) is 13.1 Å². The van der Waals surface area contributed by atoms with Crippen molar-refractivity contribution in [3.63, 3.8) is 0 Å². The van der Waals surface area contributed by atoms with E-state index in [0.717, 1.165) is 49.6 Å². The van der Waals surface area contributed by atoms with Crippen LogP contribution in [0.5, 0.6) is 0 Å². The Labute approximate surface area is 183 Å². The smallest absolute Gasteiger partial charge is 0.257 e. The molecular formula is C24H30N6O. The van der Waals surface area contributed by atoms with Crippen molar-refractivity contribution in [3.05, 3.63) is 77.2 Å². The molecule has 3 heterocycles. The Morgan fingerprint density at radius 3 is 2.90 bits per heavy atom. The summed E-state index contributed by atoms with van der Waals surface area (Å²) in [7, 11) is 3.75. The van der Waals surface area contributed by atoms with Gasteiger partial charge in [-0.3, -0.25) is 14.8 Å². The van der Waals surface area contributed by atoms with E-state index >= 15 is 0 Å². The number of aromatic amines is 1. The Bertz CT molecular complexity index is 1000. The zero-order chi connectivity index (χ0) is 21.6. The largest absolute Gasteiger partial charge is 0.373 e. The van der Waals surface area contributed by atoms with Crippen molar-refractivity contribution < 1.29 is 4.79 Å². The van der Waals surface area contributed by atoms with Crippen LogP contribution in [0.15, 0.2) is 54.9 Å². The third-order valence-corrected chi connectivity index (χ3v) is 5.94. The highest BCUT2D eigenvalue weighted by molar-refractivity contribution is 5.95. The van der Waals surface area contributed by atoms with E-state index in [1.165, 1.54) is 5.56 Å². The number of rotatable bonds is 7. The summed E-state index contributed by atoms with van der Waals surface area (Å²) in [6, 6.07) is 14.1. The first-order chi connectivity index (χ1) is 15.2. The van der Waals surface area contributed by atoms with Gasteiger partial charge in [-0.05, 0) is 31.0 Å². The molecule has 0 saturated carbocycles. The molecule has 1 amide bonds. The van der Waals surface area contributed by atoms with Gasteiger partial charge >= 0.3 is 0 Å². The molecule has 0 unspecified atom stereocenters. The molecule has 0 radical (unpaired) electrons. The average molecular weight is 419 g/mol. The molecule has 7 nitrogen and oxygen atoms in total. The van der Waals surface area contributed by atoms with Crippen LogP contribution in [0.2, 0.25) is 0 Å². The van der Waals surface area contributed by atoms with Gasteiger partial charge in [0.15, 0.2) is 0 Å². The maximum Gasteiger partial charge on any atom is 0.257 e. The molecule has 7 heteroatoms. The number of benzene rings is 1. The molecule has 1 aliphatic heterocycles. The second kappa shape index (κ2) is 9.75. The molecule has 1 atom stereocenters. The van der Waals surface area contributed by atoms with Gasteiger partial charge in [0.25, 0.3) is 5.91 Å². The summed E-state index contributed by atoms with van der Waals surface area (Å²) < 4.78 is 0. The van der Waals surface area contributed by atoms with E-state index < -0.39 is 0 Å². The fourth-order valence-electron chi connectivity index (χ4n) is 4.38. The molecule has 1 saturated heterocycles. The standard InChI is InChI=1S/C24H30N6O/c1-25-23-20(10-6-12-26-23)17-30-13-7-11-19(16-30)22-21(14-27-28-22)24(31)29(2)15-18-8-4-3-5-9-18/h3-6,8-10,12,14,19H,7,11,13,15-17H2,1-2H3,(H,25,26)(H,27,28)/t19-/m0/s1. The Hall–Kier alpha value is -3.19. The van der Waals surface area contributed by atoms with Crippen LogP contribution in [0.25, 0.3) is 0 Å². The fraction of sp³-hybridized carbons (Fsp3) is 0.375. The number of hydrogen-bond acceptors (Lipinski definition) is 5. The second-order valence-corrected chi connectivity index (χ2v) is 8.18. The molecule has 1 aliphatic rings. The van der Waals surface area contributed by atoms with Gasteiger partial charge < -0.3 is 10.2 Å². The zero-order valence-corrected chi connectivity index (χ0v) is 18.2. The summed E-state index contributed by atoms with van der Waals surface area (Å²) in [6.45, 7) is 3.35. The van der Waals surface area contributed by atoms with Gasteiger partial charge in [-0.25, -0.2) is 4.98 Å². The Kier molecular flexibility index (Phi) is 6.62. The van der Waals surface area contributed by atoms with Crippen LogP contribution < -0.4 is 5.32 Å². The normalized spacial score (nSPS) is 16.8. The van der Waals surface area contributed by atoms with Crippen molar-refractivity contribution in [3.8, 4) is 0 Å². The van der Waals surface area contributed by atoms with E-state index in [-0.39, 0.29) is 11.8 Å². The second-order valence-electron chi connectivity index (χ2n) is 8.18. The third-order valence-electron chi connectivity index (χ3n) is 5.94. The predicted molar refractivity (Wildman–Crippen MR) is 122 cm³/mol. The molecule has 1 aromatic carbocycles. The highest BCUT2D eigenvalue weighted by Gasteiger charge is 2.28. The van der Waals surface area contributed by atoms with E-state index in [2.05, 4.69) is 31.5 Å². The first kappa shape index (κ1) is 21.1. The van der Waals surface area contributed by atoms with Gasteiger partial charge in [-0.15, -0.1) is 0 Å². The Balaban J connectivity index is 1.45. The van der Waals surface area contributed by atoms with E-state index in [9.17, 15) is 4.79 Å². The van der Waals surface area contributed by atoms with E-state index in [4.69, 9.17) is 0 Å². The number of H-pyrrole nitrogens is 1. The number of carbonyl (C=O) groups excluding carboxylic acids is 1. The average Bonchev–Trinajstić information content (AvgIpc) is 3.30. The molecule has 31 heavy (non-hydrogen) atoms. The molecule has 0 bridgehead atoms. The van der Waals surface area contributed by atoms with Crippen LogP contribution in [0, 0.1) is 0 Å². The SMILES string of the molecule is CNc1ncccc1CN1CCC[C@H](c2[nH]ncc2C(=O)N(C)Cc2ccccc2)C1. The summed E-state index contributed by atoms with van der Waals surface area (Å²) in [6.07, 6.45) is 5.63. The first-order valence-corrected chi connectivity index (χ1v) is 10.8. The number of piperidine rings is 1. The van der Waals surface area contributed by atoms with Crippen molar-refractivity contribution in [2.24, 2.45) is 0 Å². The molecular weight excluding hydrogens is 388 g/mol. The van der Waals surface area contributed by atoms with E-state index in [1.54, 1.807) is 11.1 Å². The van der Waals surface area contributed by atoms with Crippen molar-refractivity contribution in [2.75, 3.05) is 32.5 Å². The molecule has 4 rings (SSSR count).